The third-order valence-corrected chi connectivity index (χ3v) is 4.52. The number of phenolic OH excluding ortho intramolecular Hbond substituents is 1. The van der Waals surface area contributed by atoms with Crippen LogP contribution in [0.15, 0.2) is 12.1 Å². The third kappa shape index (κ3) is 1.58. The number of benzene rings is 1. The van der Waals surface area contributed by atoms with Gasteiger partial charge in [-0.3, -0.25) is 0 Å². The van der Waals surface area contributed by atoms with Gasteiger partial charge in [-0.15, -0.1) is 0 Å². The Hall–Kier alpha value is -1.02. The van der Waals surface area contributed by atoms with Gasteiger partial charge in [-0.25, -0.2) is 0 Å². The number of aryl methyl sites for hydroxylation is 1. The van der Waals surface area contributed by atoms with Crippen molar-refractivity contribution < 1.29 is 5.11 Å². The lowest BCUT2D eigenvalue weighted by Gasteiger charge is -2.35. The molecule has 1 atom stereocenters. The molecule has 2 nitrogen and oxygen atoms in total. The number of hydrogen-bond donors (Lipinski definition) is 2. The van der Waals surface area contributed by atoms with Gasteiger partial charge < -0.3 is 10.4 Å². The summed E-state index contributed by atoms with van der Waals surface area (Å²) in [6.45, 7) is 4.35. The number of nitrogens with one attached hydrogen (secondary N) is 1. The Morgan fingerprint density at radius 1 is 1.24 bits per heavy atom. The monoisotopic (exact) mass is 231 g/mol. The second-order valence-corrected chi connectivity index (χ2v) is 5.73. The quantitative estimate of drug-likeness (QED) is 0.716. The second-order valence-electron chi connectivity index (χ2n) is 5.73. The van der Waals surface area contributed by atoms with Crippen molar-refractivity contribution in [3.63, 3.8) is 0 Å². The van der Waals surface area contributed by atoms with Gasteiger partial charge in [0.25, 0.3) is 0 Å². The average molecular weight is 231 g/mol. The number of phenols is 1. The van der Waals surface area contributed by atoms with E-state index in [1.165, 1.54) is 48.8 Å². The molecule has 2 N–H and O–H groups in total. The number of aromatic hydroxyl groups is 1. The smallest absolute Gasteiger partial charge is 0.116 e. The molecule has 92 valence electrons. The van der Waals surface area contributed by atoms with Crippen LogP contribution in [0, 0.1) is 6.92 Å². The molecule has 1 aromatic rings. The maximum atomic E-state index is 9.85. The first-order valence-electron chi connectivity index (χ1n) is 6.74. The molecule has 0 saturated heterocycles. The highest BCUT2D eigenvalue weighted by Crippen LogP contribution is 2.48. The van der Waals surface area contributed by atoms with Crippen LogP contribution in [0.3, 0.4) is 0 Å². The van der Waals surface area contributed by atoms with Crippen molar-refractivity contribution in [2.24, 2.45) is 0 Å². The van der Waals surface area contributed by atoms with Crippen molar-refractivity contribution >= 4 is 0 Å². The van der Waals surface area contributed by atoms with E-state index in [9.17, 15) is 5.11 Å². The molecule has 1 aliphatic carbocycles. The molecule has 0 radical (unpaired) electrons. The molecule has 1 heterocycles. The highest BCUT2D eigenvalue weighted by Gasteiger charge is 2.43. The fraction of sp³-hybridized carbons (Fsp3) is 0.600. The highest BCUT2D eigenvalue weighted by molar-refractivity contribution is 5.49. The summed E-state index contributed by atoms with van der Waals surface area (Å²) in [6, 6.07) is 4.30. The van der Waals surface area contributed by atoms with Crippen LogP contribution in [0.5, 0.6) is 5.75 Å². The van der Waals surface area contributed by atoms with Crippen molar-refractivity contribution in [2.45, 2.75) is 57.5 Å². The summed E-state index contributed by atoms with van der Waals surface area (Å²) in [5.41, 5.74) is 4.16. The van der Waals surface area contributed by atoms with E-state index in [1.807, 2.05) is 12.1 Å². The lowest BCUT2D eigenvalue weighted by molar-refractivity contribution is 0.238. The van der Waals surface area contributed by atoms with E-state index < -0.39 is 0 Å². The summed E-state index contributed by atoms with van der Waals surface area (Å²) < 4.78 is 0. The van der Waals surface area contributed by atoms with E-state index in [0.29, 0.717) is 11.8 Å². The van der Waals surface area contributed by atoms with E-state index >= 15 is 0 Å². The predicted octanol–water partition coefficient (Wildman–Crippen LogP) is 3.52. The molecule has 2 heteroatoms. The van der Waals surface area contributed by atoms with Crippen LogP contribution in [0.2, 0.25) is 0 Å². The van der Waals surface area contributed by atoms with Gasteiger partial charge >= 0.3 is 0 Å². The van der Waals surface area contributed by atoms with Crippen LogP contribution in [0.1, 0.15) is 61.8 Å². The van der Waals surface area contributed by atoms with Gasteiger partial charge in [-0.05, 0) is 55.5 Å². The van der Waals surface area contributed by atoms with Crippen molar-refractivity contribution in [3.8, 4) is 5.75 Å². The number of hydrogen-bond acceptors (Lipinski definition) is 2. The van der Waals surface area contributed by atoms with Gasteiger partial charge in [0, 0.05) is 11.6 Å². The van der Waals surface area contributed by atoms with E-state index in [2.05, 4.69) is 19.2 Å². The third-order valence-electron chi connectivity index (χ3n) is 4.52. The summed E-state index contributed by atoms with van der Waals surface area (Å²) in [4.78, 5) is 0. The second kappa shape index (κ2) is 3.74. The zero-order chi connectivity index (χ0) is 12.0. The Labute approximate surface area is 103 Å². The SMILES string of the molecule is Cc1cc(O)cc2c1C(C)NC21CCCCC1. The van der Waals surface area contributed by atoms with Crippen molar-refractivity contribution in [2.75, 3.05) is 0 Å². The van der Waals surface area contributed by atoms with Gasteiger partial charge in [0.1, 0.15) is 5.75 Å². The molecule has 17 heavy (non-hydrogen) atoms. The van der Waals surface area contributed by atoms with E-state index in [-0.39, 0.29) is 5.54 Å². The van der Waals surface area contributed by atoms with Gasteiger partial charge in [0.15, 0.2) is 0 Å². The average Bonchev–Trinajstić information content (AvgIpc) is 2.53. The van der Waals surface area contributed by atoms with Crippen LogP contribution < -0.4 is 5.32 Å². The van der Waals surface area contributed by atoms with Crippen LogP contribution in [0.4, 0.5) is 0 Å². The van der Waals surface area contributed by atoms with Crippen LogP contribution in [-0.4, -0.2) is 5.11 Å². The van der Waals surface area contributed by atoms with Crippen molar-refractivity contribution in [1.82, 2.24) is 5.32 Å². The molecule has 1 saturated carbocycles. The first kappa shape index (κ1) is 11.1. The van der Waals surface area contributed by atoms with Gasteiger partial charge in [0.05, 0.1) is 0 Å². The molecule has 0 aromatic heterocycles. The van der Waals surface area contributed by atoms with E-state index in [0.717, 1.165) is 0 Å². The lowest BCUT2D eigenvalue weighted by Crippen LogP contribution is -2.39. The molecule has 1 aromatic carbocycles. The Balaban J connectivity index is 2.14. The number of fused-ring (bicyclic) bond motifs is 2. The van der Waals surface area contributed by atoms with Crippen molar-refractivity contribution in [1.29, 1.82) is 0 Å². The molecule has 1 spiro atoms. The minimum Gasteiger partial charge on any atom is -0.508 e. The Kier molecular flexibility index (Phi) is 2.44. The molecule has 1 unspecified atom stereocenters. The fourth-order valence-corrected chi connectivity index (χ4v) is 3.88. The van der Waals surface area contributed by atoms with Crippen LogP contribution >= 0.6 is 0 Å². The summed E-state index contributed by atoms with van der Waals surface area (Å²) in [5, 5.41) is 13.6. The molecule has 1 aliphatic heterocycles. The Morgan fingerprint density at radius 3 is 2.65 bits per heavy atom. The summed E-state index contributed by atoms with van der Waals surface area (Å²) in [6.07, 6.45) is 6.38. The maximum absolute atomic E-state index is 9.85. The van der Waals surface area contributed by atoms with Crippen molar-refractivity contribution in [3.05, 3.63) is 28.8 Å². The first-order chi connectivity index (χ1) is 8.12. The minimum atomic E-state index is 0.149. The van der Waals surface area contributed by atoms with Gasteiger partial charge in [-0.1, -0.05) is 19.3 Å². The maximum Gasteiger partial charge on any atom is 0.116 e. The largest absolute Gasteiger partial charge is 0.508 e. The van der Waals surface area contributed by atoms with E-state index in [4.69, 9.17) is 0 Å². The summed E-state index contributed by atoms with van der Waals surface area (Å²) in [5.74, 6) is 0.419. The molecule has 0 bridgehead atoms. The Morgan fingerprint density at radius 2 is 1.94 bits per heavy atom. The summed E-state index contributed by atoms with van der Waals surface area (Å²) in [7, 11) is 0. The summed E-state index contributed by atoms with van der Waals surface area (Å²) >= 11 is 0. The minimum absolute atomic E-state index is 0.149. The van der Waals surface area contributed by atoms with E-state index in [1.54, 1.807) is 0 Å². The highest BCUT2D eigenvalue weighted by atomic mass is 16.3. The molecular formula is C15H21NO. The fourth-order valence-electron chi connectivity index (χ4n) is 3.88. The normalized spacial score (nSPS) is 26.1. The lowest BCUT2D eigenvalue weighted by atomic mass is 9.77. The predicted molar refractivity (Wildman–Crippen MR) is 69.2 cm³/mol. The molecule has 3 rings (SSSR count). The molecule has 1 fully saturated rings. The molecule has 2 aliphatic rings. The van der Waals surface area contributed by atoms with Crippen LogP contribution in [0.25, 0.3) is 0 Å². The standard InChI is InChI=1S/C15H21NO/c1-10-8-12(17)9-13-14(10)11(2)16-15(13)6-4-3-5-7-15/h8-9,11,16-17H,3-7H2,1-2H3. The van der Waals surface area contributed by atoms with Gasteiger partial charge in [-0.2, -0.15) is 0 Å². The molecular weight excluding hydrogens is 210 g/mol. The topological polar surface area (TPSA) is 32.3 Å². The van der Waals surface area contributed by atoms with Crippen LogP contribution in [-0.2, 0) is 5.54 Å². The number of rotatable bonds is 0. The Bertz CT molecular complexity index is 446. The van der Waals surface area contributed by atoms with Gasteiger partial charge in [0.2, 0.25) is 0 Å². The molecule has 0 amide bonds. The first-order valence-corrected chi connectivity index (χ1v) is 6.74. The zero-order valence-corrected chi connectivity index (χ0v) is 10.7. The zero-order valence-electron chi connectivity index (χ0n) is 10.7.